The van der Waals surface area contributed by atoms with E-state index >= 15 is 0 Å². The third-order valence-corrected chi connectivity index (χ3v) is 5.80. The molecule has 5 rings (SSSR count). The Morgan fingerprint density at radius 1 is 1.17 bits per heavy atom. The van der Waals surface area contributed by atoms with Crippen LogP contribution in [0.3, 0.4) is 0 Å². The van der Waals surface area contributed by atoms with Gasteiger partial charge in [-0.05, 0) is 31.7 Å². The van der Waals surface area contributed by atoms with Gasteiger partial charge in [-0.25, -0.2) is 18.3 Å². The first kappa shape index (κ1) is 18.2. The van der Waals surface area contributed by atoms with E-state index in [1.807, 2.05) is 6.07 Å². The highest BCUT2D eigenvalue weighted by atomic mass is 19.3. The Hall–Kier alpha value is -2.84. The lowest BCUT2D eigenvalue weighted by Crippen LogP contribution is -2.14. The molecule has 9 heteroatoms. The summed E-state index contributed by atoms with van der Waals surface area (Å²) in [6.07, 6.45) is 9.27. The molecule has 0 atom stereocenters. The standard InChI is InChI=1S/C20H22F2N6O/c21-18(22)17-16(11-28(26-17)13-4-2-1-3-5-13)25-20(29)14-10-23-27-9-8-15(12-6-7-12)24-19(14)27/h8-13,18H,1-7H2,(H,25,29). The van der Waals surface area contributed by atoms with Gasteiger partial charge in [0.1, 0.15) is 5.56 Å². The van der Waals surface area contributed by atoms with Gasteiger partial charge in [0.2, 0.25) is 0 Å². The van der Waals surface area contributed by atoms with Gasteiger partial charge < -0.3 is 5.32 Å². The van der Waals surface area contributed by atoms with Gasteiger partial charge in [0.15, 0.2) is 11.3 Å². The van der Waals surface area contributed by atoms with Crippen LogP contribution in [-0.2, 0) is 0 Å². The van der Waals surface area contributed by atoms with E-state index in [1.54, 1.807) is 10.9 Å². The van der Waals surface area contributed by atoms with Crippen molar-refractivity contribution < 1.29 is 13.6 Å². The predicted octanol–water partition coefficient (Wildman–Crippen LogP) is 4.50. The molecule has 152 valence electrons. The Kier molecular flexibility index (Phi) is 4.52. The van der Waals surface area contributed by atoms with Gasteiger partial charge in [0, 0.05) is 24.0 Å². The lowest BCUT2D eigenvalue weighted by Gasteiger charge is -2.21. The maximum Gasteiger partial charge on any atom is 0.284 e. The number of aromatic nitrogens is 5. The number of anilines is 1. The Morgan fingerprint density at radius 2 is 1.97 bits per heavy atom. The summed E-state index contributed by atoms with van der Waals surface area (Å²) in [7, 11) is 0. The Labute approximate surface area is 166 Å². The van der Waals surface area contributed by atoms with Crippen LogP contribution in [0.1, 0.15) is 85.1 Å². The normalized spacial score (nSPS) is 17.9. The molecule has 3 aromatic rings. The third-order valence-electron chi connectivity index (χ3n) is 5.80. The van der Waals surface area contributed by atoms with Gasteiger partial charge in [0.25, 0.3) is 12.3 Å². The number of carbonyl (C=O) groups excluding carboxylic acids is 1. The minimum Gasteiger partial charge on any atom is -0.319 e. The molecule has 0 aliphatic heterocycles. The summed E-state index contributed by atoms with van der Waals surface area (Å²) in [5, 5.41) is 10.9. The van der Waals surface area contributed by atoms with Crippen molar-refractivity contribution in [1.29, 1.82) is 0 Å². The maximum atomic E-state index is 13.5. The second-order valence-corrected chi connectivity index (χ2v) is 7.91. The van der Waals surface area contributed by atoms with Crippen molar-refractivity contribution in [2.45, 2.75) is 63.3 Å². The molecule has 3 heterocycles. The molecule has 2 aliphatic carbocycles. The Balaban J connectivity index is 1.43. The number of nitrogens with one attached hydrogen (secondary N) is 1. The van der Waals surface area contributed by atoms with Crippen molar-refractivity contribution in [3.8, 4) is 0 Å². The average molecular weight is 400 g/mol. The van der Waals surface area contributed by atoms with Crippen LogP contribution in [0.4, 0.5) is 14.5 Å². The second-order valence-electron chi connectivity index (χ2n) is 7.91. The summed E-state index contributed by atoms with van der Waals surface area (Å²) in [5.74, 6) is -0.0736. The molecule has 1 N–H and O–H groups in total. The molecule has 1 amide bonds. The number of nitrogens with zero attached hydrogens (tertiary/aromatic N) is 5. The van der Waals surface area contributed by atoms with Gasteiger partial charge in [-0.15, -0.1) is 0 Å². The molecule has 7 nitrogen and oxygen atoms in total. The van der Waals surface area contributed by atoms with Gasteiger partial charge in [-0.2, -0.15) is 10.2 Å². The molecule has 0 aromatic carbocycles. The zero-order chi connectivity index (χ0) is 20.0. The Morgan fingerprint density at radius 3 is 2.69 bits per heavy atom. The molecular formula is C20H22F2N6O. The molecule has 0 unspecified atom stereocenters. The van der Waals surface area contributed by atoms with E-state index in [4.69, 9.17) is 0 Å². The topological polar surface area (TPSA) is 77.1 Å². The lowest BCUT2D eigenvalue weighted by molar-refractivity contribution is 0.102. The van der Waals surface area contributed by atoms with Crippen LogP contribution >= 0.6 is 0 Å². The van der Waals surface area contributed by atoms with E-state index < -0.39 is 18.0 Å². The first-order chi connectivity index (χ1) is 14.1. The average Bonchev–Trinajstić information content (AvgIpc) is 3.35. The molecule has 2 saturated carbocycles. The van der Waals surface area contributed by atoms with Crippen LogP contribution in [0.25, 0.3) is 5.65 Å². The molecule has 3 aromatic heterocycles. The molecule has 0 spiro atoms. The molecular weight excluding hydrogens is 378 g/mol. The van der Waals surface area contributed by atoms with E-state index in [1.165, 1.54) is 16.9 Å². The molecule has 0 saturated heterocycles. The van der Waals surface area contributed by atoms with Crippen LogP contribution in [-0.4, -0.2) is 30.3 Å². The molecule has 0 bridgehead atoms. The van der Waals surface area contributed by atoms with Crippen LogP contribution in [0.2, 0.25) is 0 Å². The summed E-state index contributed by atoms with van der Waals surface area (Å²) >= 11 is 0. The number of hydrogen-bond donors (Lipinski definition) is 1. The van der Waals surface area contributed by atoms with Crippen LogP contribution in [0.15, 0.2) is 24.7 Å². The minimum absolute atomic E-state index is 0.0493. The summed E-state index contributed by atoms with van der Waals surface area (Å²) in [5.41, 5.74) is 1.29. The van der Waals surface area contributed by atoms with E-state index in [0.717, 1.165) is 50.6 Å². The number of halogens is 2. The van der Waals surface area contributed by atoms with Crippen LogP contribution in [0, 0.1) is 0 Å². The van der Waals surface area contributed by atoms with Gasteiger partial charge in [-0.1, -0.05) is 19.3 Å². The second kappa shape index (κ2) is 7.20. The maximum absolute atomic E-state index is 13.5. The van der Waals surface area contributed by atoms with Crippen molar-refractivity contribution >= 4 is 17.2 Å². The Bertz CT molecular complexity index is 1050. The van der Waals surface area contributed by atoms with Crippen molar-refractivity contribution in [3.05, 3.63) is 41.6 Å². The number of rotatable bonds is 5. The van der Waals surface area contributed by atoms with E-state index in [0.29, 0.717) is 11.6 Å². The molecule has 0 radical (unpaired) electrons. The fourth-order valence-electron chi connectivity index (χ4n) is 4.03. The van der Waals surface area contributed by atoms with Crippen molar-refractivity contribution in [2.75, 3.05) is 5.32 Å². The highest BCUT2D eigenvalue weighted by Gasteiger charge is 2.27. The SMILES string of the molecule is O=C(Nc1cn(C2CCCCC2)nc1C(F)F)c1cnn2ccc(C3CC3)nc12. The number of fused-ring (bicyclic) bond motifs is 1. The van der Waals surface area contributed by atoms with E-state index in [-0.39, 0.29) is 17.3 Å². The highest BCUT2D eigenvalue weighted by molar-refractivity contribution is 6.08. The number of hydrogen-bond acceptors (Lipinski definition) is 4. The largest absolute Gasteiger partial charge is 0.319 e. The van der Waals surface area contributed by atoms with Crippen molar-refractivity contribution in [1.82, 2.24) is 24.4 Å². The lowest BCUT2D eigenvalue weighted by atomic mass is 9.96. The molecule has 2 aliphatic rings. The first-order valence-electron chi connectivity index (χ1n) is 10.1. The fraction of sp³-hybridized carbons (Fsp3) is 0.500. The van der Waals surface area contributed by atoms with E-state index in [2.05, 4.69) is 20.5 Å². The van der Waals surface area contributed by atoms with Gasteiger partial charge >= 0.3 is 0 Å². The quantitative estimate of drug-likeness (QED) is 0.684. The van der Waals surface area contributed by atoms with Crippen molar-refractivity contribution in [3.63, 3.8) is 0 Å². The monoisotopic (exact) mass is 400 g/mol. The van der Waals surface area contributed by atoms with Crippen molar-refractivity contribution in [2.24, 2.45) is 0 Å². The summed E-state index contributed by atoms with van der Waals surface area (Å²) in [4.78, 5) is 17.4. The van der Waals surface area contributed by atoms with Crippen LogP contribution < -0.4 is 5.32 Å². The highest BCUT2D eigenvalue weighted by Crippen LogP contribution is 2.39. The fourth-order valence-corrected chi connectivity index (χ4v) is 4.03. The minimum atomic E-state index is -2.77. The van der Waals surface area contributed by atoms with Gasteiger partial charge in [-0.3, -0.25) is 9.48 Å². The first-order valence-corrected chi connectivity index (χ1v) is 10.1. The van der Waals surface area contributed by atoms with Gasteiger partial charge in [0.05, 0.1) is 17.9 Å². The number of alkyl halides is 2. The summed E-state index contributed by atoms with van der Waals surface area (Å²) in [6.45, 7) is 0. The zero-order valence-corrected chi connectivity index (χ0v) is 15.9. The van der Waals surface area contributed by atoms with Crippen LogP contribution in [0.5, 0.6) is 0 Å². The number of amides is 1. The molecule has 2 fully saturated rings. The smallest absolute Gasteiger partial charge is 0.284 e. The summed E-state index contributed by atoms with van der Waals surface area (Å²) in [6, 6.07) is 2.01. The third kappa shape index (κ3) is 3.49. The number of carbonyl (C=O) groups is 1. The zero-order valence-electron chi connectivity index (χ0n) is 15.9. The summed E-state index contributed by atoms with van der Waals surface area (Å²) < 4.78 is 30.2. The predicted molar refractivity (Wildman–Crippen MR) is 102 cm³/mol. The van der Waals surface area contributed by atoms with E-state index in [9.17, 15) is 13.6 Å². The molecule has 29 heavy (non-hydrogen) atoms.